The molecule has 3 rings (SSSR count). The maximum Gasteiger partial charge on any atom is 0.294 e. The fourth-order valence-electron chi connectivity index (χ4n) is 2.73. The summed E-state index contributed by atoms with van der Waals surface area (Å²) < 4.78 is 5.18. The zero-order valence-electron chi connectivity index (χ0n) is 16.3. The fraction of sp³-hybridized carbons (Fsp3) is 0.182. The van der Waals surface area contributed by atoms with Crippen LogP contribution in [0, 0.1) is 11.3 Å². The van der Waals surface area contributed by atoms with Gasteiger partial charge in [0.1, 0.15) is 18.4 Å². The molecule has 0 unspecified atom stereocenters. The van der Waals surface area contributed by atoms with Gasteiger partial charge in [-0.15, -0.1) is 0 Å². The van der Waals surface area contributed by atoms with Crippen LogP contribution in [0.1, 0.15) is 18.1 Å². The number of nitrogens with zero attached hydrogens (tertiary/aromatic N) is 2. The minimum absolute atomic E-state index is 0.0525. The first-order valence-corrected chi connectivity index (χ1v) is 10.1. The number of rotatable bonds is 7. The predicted octanol–water partition coefficient (Wildman–Crippen LogP) is 3.83. The standard InChI is InChI=1S/C22H19N3O4S/c1-2-15-3-7-17(8-4-15)24-20(26)14-25-21(27)19(30-22(25)28)13-16-5-9-18(10-6-16)29-12-11-23/h3-10,13H,2,12,14H2,1H3,(H,24,26)/b19-13-. The van der Waals surface area contributed by atoms with Gasteiger partial charge >= 0.3 is 0 Å². The molecule has 1 saturated heterocycles. The van der Waals surface area contributed by atoms with Gasteiger partial charge in [-0.25, -0.2) is 0 Å². The number of carbonyl (C=O) groups excluding carboxylic acids is 3. The largest absolute Gasteiger partial charge is 0.479 e. The van der Waals surface area contributed by atoms with Gasteiger partial charge in [0, 0.05) is 5.69 Å². The van der Waals surface area contributed by atoms with Crippen LogP contribution in [-0.4, -0.2) is 35.1 Å². The third-order valence-electron chi connectivity index (χ3n) is 4.30. The molecule has 0 bridgehead atoms. The van der Waals surface area contributed by atoms with Crippen molar-refractivity contribution in [2.75, 3.05) is 18.5 Å². The highest BCUT2D eigenvalue weighted by Crippen LogP contribution is 2.32. The molecule has 8 heteroatoms. The molecule has 1 N–H and O–H groups in total. The summed E-state index contributed by atoms with van der Waals surface area (Å²) in [5.41, 5.74) is 2.46. The third kappa shape index (κ3) is 5.27. The van der Waals surface area contributed by atoms with E-state index in [9.17, 15) is 14.4 Å². The molecule has 30 heavy (non-hydrogen) atoms. The van der Waals surface area contributed by atoms with E-state index in [1.807, 2.05) is 25.1 Å². The minimum Gasteiger partial charge on any atom is -0.479 e. The molecule has 0 spiro atoms. The van der Waals surface area contributed by atoms with Crippen molar-refractivity contribution in [3.63, 3.8) is 0 Å². The lowest BCUT2D eigenvalue weighted by atomic mass is 10.1. The van der Waals surface area contributed by atoms with E-state index < -0.39 is 17.1 Å². The van der Waals surface area contributed by atoms with Crippen molar-refractivity contribution >= 4 is 40.6 Å². The minimum atomic E-state index is -0.508. The molecule has 1 heterocycles. The number of benzene rings is 2. The molecule has 7 nitrogen and oxygen atoms in total. The van der Waals surface area contributed by atoms with Gasteiger partial charge in [-0.1, -0.05) is 31.2 Å². The van der Waals surface area contributed by atoms with Gasteiger partial charge in [0.15, 0.2) is 6.61 Å². The van der Waals surface area contributed by atoms with E-state index in [1.165, 1.54) is 0 Å². The van der Waals surface area contributed by atoms with E-state index in [0.29, 0.717) is 17.0 Å². The molecule has 0 aliphatic carbocycles. The van der Waals surface area contributed by atoms with Crippen molar-refractivity contribution in [2.45, 2.75) is 13.3 Å². The van der Waals surface area contributed by atoms with Gasteiger partial charge in [-0.2, -0.15) is 5.26 Å². The van der Waals surface area contributed by atoms with Crippen molar-refractivity contribution < 1.29 is 19.1 Å². The number of thioether (sulfide) groups is 1. The van der Waals surface area contributed by atoms with Gasteiger partial charge in [-0.3, -0.25) is 19.3 Å². The molecule has 1 aliphatic heterocycles. The molecule has 2 aromatic carbocycles. The van der Waals surface area contributed by atoms with Crippen LogP contribution >= 0.6 is 11.8 Å². The summed E-state index contributed by atoms with van der Waals surface area (Å²) in [4.78, 5) is 38.2. The maximum atomic E-state index is 12.6. The van der Waals surface area contributed by atoms with Crippen LogP contribution in [-0.2, 0) is 16.0 Å². The van der Waals surface area contributed by atoms with Crippen molar-refractivity contribution in [1.82, 2.24) is 4.90 Å². The number of carbonyl (C=O) groups is 3. The van der Waals surface area contributed by atoms with Gasteiger partial charge in [0.25, 0.3) is 11.1 Å². The van der Waals surface area contributed by atoms with Gasteiger partial charge < -0.3 is 10.1 Å². The van der Waals surface area contributed by atoms with Crippen LogP contribution < -0.4 is 10.1 Å². The summed E-state index contributed by atoms with van der Waals surface area (Å²) in [6.45, 7) is 1.64. The predicted molar refractivity (Wildman–Crippen MR) is 115 cm³/mol. The average Bonchev–Trinajstić information content (AvgIpc) is 3.01. The maximum absolute atomic E-state index is 12.6. The summed E-state index contributed by atoms with van der Waals surface area (Å²) in [5.74, 6) is -0.418. The Labute approximate surface area is 178 Å². The van der Waals surface area contributed by atoms with E-state index in [-0.39, 0.29) is 18.1 Å². The molecule has 0 aromatic heterocycles. The van der Waals surface area contributed by atoms with E-state index in [4.69, 9.17) is 10.00 Å². The Morgan fingerprint density at radius 3 is 2.50 bits per heavy atom. The molecule has 1 aliphatic rings. The number of imide groups is 1. The Morgan fingerprint density at radius 1 is 1.17 bits per heavy atom. The number of hydrogen-bond donors (Lipinski definition) is 1. The average molecular weight is 421 g/mol. The number of ether oxygens (including phenoxy) is 1. The van der Waals surface area contributed by atoms with Gasteiger partial charge in [0.05, 0.1) is 4.91 Å². The highest BCUT2D eigenvalue weighted by Gasteiger charge is 2.36. The molecule has 0 radical (unpaired) electrons. The van der Waals surface area contributed by atoms with Crippen LogP contribution in [0.5, 0.6) is 5.75 Å². The second-order valence-corrected chi connectivity index (χ2v) is 7.38. The molecule has 1 fully saturated rings. The molecule has 2 aromatic rings. The molecule has 0 saturated carbocycles. The molecular formula is C22H19N3O4S. The summed E-state index contributed by atoms with van der Waals surface area (Å²) in [6.07, 6.45) is 2.48. The zero-order valence-corrected chi connectivity index (χ0v) is 17.1. The smallest absolute Gasteiger partial charge is 0.294 e. The number of nitriles is 1. The lowest BCUT2D eigenvalue weighted by Gasteiger charge is -2.12. The fourth-order valence-corrected chi connectivity index (χ4v) is 3.57. The number of anilines is 1. The lowest BCUT2D eigenvalue weighted by Crippen LogP contribution is -2.36. The Balaban J connectivity index is 1.62. The van der Waals surface area contributed by atoms with Crippen LogP contribution in [0.15, 0.2) is 53.4 Å². The lowest BCUT2D eigenvalue weighted by molar-refractivity contribution is -0.127. The van der Waals surface area contributed by atoms with E-state index in [1.54, 1.807) is 42.5 Å². The first-order valence-electron chi connectivity index (χ1n) is 9.24. The van der Waals surface area contributed by atoms with E-state index >= 15 is 0 Å². The van der Waals surface area contributed by atoms with Gasteiger partial charge in [0.2, 0.25) is 5.91 Å². The molecular weight excluding hydrogens is 402 g/mol. The summed E-state index contributed by atoms with van der Waals surface area (Å²) in [7, 11) is 0. The summed E-state index contributed by atoms with van der Waals surface area (Å²) in [6, 6.07) is 16.1. The highest BCUT2D eigenvalue weighted by atomic mass is 32.2. The molecule has 3 amide bonds. The second-order valence-electron chi connectivity index (χ2n) is 6.38. The van der Waals surface area contributed by atoms with Crippen molar-refractivity contribution in [3.05, 3.63) is 64.6 Å². The number of aryl methyl sites for hydroxylation is 1. The topological polar surface area (TPSA) is 99.5 Å². The van der Waals surface area contributed by atoms with E-state index in [0.717, 1.165) is 28.6 Å². The zero-order chi connectivity index (χ0) is 21.5. The monoisotopic (exact) mass is 421 g/mol. The first kappa shape index (κ1) is 21.1. The Morgan fingerprint density at radius 2 is 1.87 bits per heavy atom. The van der Waals surface area contributed by atoms with Crippen LogP contribution in [0.4, 0.5) is 10.5 Å². The van der Waals surface area contributed by atoms with Crippen LogP contribution in [0.2, 0.25) is 0 Å². The first-order chi connectivity index (χ1) is 14.5. The third-order valence-corrected chi connectivity index (χ3v) is 5.21. The summed E-state index contributed by atoms with van der Waals surface area (Å²) >= 11 is 0.792. The normalized spacial score (nSPS) is 14.7. The second kappa shape index (κ2) is 9.76. The van der Waals surface area contributed by atoms with Crippen LogP contribution in [0.3, 0.4) is 0 Å². The Kier molecular flexibility index (Phi) is 6.88. The van der Waals surface area contributed by atoms with Crippen LogP contribution in [0.25, 0.3) is 6.08 Å². The summed E-state index contributed by atoms with van der Waals surface area (Å²) in [5, 5.41) is 10.7. The highest BCUT2D eigenvalue weighted by molar-refractivity contribution is 8.18. The van der Waals surface area contributed by atoms with E-state index in [2.05, 4.69) is 5.32 Å². The Hall–Kier alpha value is -3.57. The number of hydrogen-bond acceptors (Lipinski definition) is 6. The number of amides is 3. The molecule has 152 valence electrons. The van der Waals surface area contributed by atoms with Gasteiger partial charge in [-0.05, 0) is 59.7 Å². The van der Waals surface area contributed by atoms with Crippen molar-refractivity contribution in [1.29, 1.82) is 5.26 Å². The van der Waals surface area contributed by atoms with Crippen molar-refractivity contribution in [2.24, 2.45) is 0 Å². The SMILES string of the molecule is CCc1ccc(NC(=O)CN2C(=O)S/C(=C\c3ccc(OCC#N)cc3)C2=O)cc1. The number of nitrogens with one attached hydrogen (secondary N) is 1. The Bertz CT molecular complexity index is 1020. The molecule has 0 atom stereocenters. The van der Waals surface area contributed by atoms with Crippen molar-refractivity contribution in [3.8, 4) is 11.8 Å². The quantitative estimate of drug-likeness (QED) is 0.682.